The van der Waals surface area contributed by atoms with Crippen molar-refractivity contribution in [2.24, 2.45) is 13.0 Å². The first-order valence-electron chi connectivity index (χ1n) is 8.79. The minimum absolute atomic E-state index is 0.0310. The van der Waals surface area contributed by atoms with Crippen molar-refractivity contribution >= 4 is 17.6 Å². The Bertz CT molecular complexity index is 918. The van der Waals surface area contributed by atoms with Gasteiger partial charge in [-0.05, 0) is 49.8 Å². The van der Waals surface area contributed by atoms with Gasteiger partial charge in [-0.3, -0.25) is 9.48 Å². The lowest BCUT2D eigenvalue weighted by molar-refractivity contribution is -0.130. The van der Waals surface area contributed by atoms with Gasteiger partial charge < -0.3 is 4.90 Å². The zero-order valence-corrected chi connectivity index (χ0v) is 14.4. The highest BCUT2D eigenvalue weighted by molar-refractivity contribution is 6.24. The molecule has 0 bridgehead atoms. The number of nitrogens with zero attached hydrogens (tertiary/aromatic N) is 4. The highest BCUT2D eigenvalue weighted by Crippen LogP contribution is 2.55. The number of imide groups is 1. The molecule has 2 aromatic rings. The maximum Gasteiger partial charge on any atom is 0.332 e. The van der Waals surface area contributed by atoms with E-state index in [4.69, 9.17) is 0 Å². The average Bonchev–Trinajstić information content (AvgIpc) is 3.17. The van der Waals surface area contributed by atoms with Crippen molar-refractivity contribution in [1.82, 2.24) is 14.7 Å². The van der Waals surface area contributed by atoms with Crippen molar-refractivity contribution in [2.75, 3.05) is 11.4 Å². The van der Waals surface area contributed by atoms with Gasteiger partial charge in [0.2, 0.25) is 0 Å². The number of hydrogen-bond donors (Lipinski definition) is 0. The highest BCUT2D eigenvalue weighted by atomic mass is 16.2. The molecule has 1 saturated carbocycles. The fourth-order valence-electron chi connectivity index (χ4n) is 4.79. The lowest BCUT2D eigenvalue weighted by Crippen LogP contribution is -2.56. The number of anilines is 1. The molecular weight excluding hydrogens is 316 g/mol. The van der Waals surface area contributed by atoms with Gasteiger partial charge in [-0.1, -0.05) is 12.1 Å². The van der Waals surface area contributed by atoms with E-state index in [0.29, 0.717) is 18.2 Å². The Hall–Kier alpha value is -2.63. The molecule has 2 aliphatic heterocycles. The number of aromatic nitrogens is 2. The first kappa shape index (κ1) is 14.7. The molecule has 25 heavy (non-hydrogen) atoms. The quantitative estimate of drug-likeness (QED) is 0.792. The van der Waals surface area contributed by atoms with E-state index in [-0.39, 0.29) is 11.9 Å². The predicted molar refractivity (Wildman–Crippen MR) is 93.0 cm³/mol. The van der Waals surface area contributed by atoms with Crippen LogP contribution in [-0.4, -0.2) is 38.7 Å². The van der Waals surface area contributed by atoms with Gasteiger partial charge in [-0.15, -0.1) is 0 Å². The summed E-state index contributed by atoms with van der Waals surface area (Å²) in [5, 5.41) is 4.21. The summed E-state index contributed by atoms with van der Waals surface area (Å²) in [6.45, 7) is 2.65. The number of benzene rings is 1. The van der Waals surface area contributed by atoms with E-state index >= 15 is 0 Å². The van der Waals surface area contributed by atoms with E-state index < -0.39 is 5.54 Å². The number of carbonyl (C=O) groups excluding carboxylic acids is 2. The van der Waals surface area contributed by atoms with Gasteiger partial charge >= 0.3 is 6.03 Å². The maximum absolute atomic E-state index is 13.2. The minimum Gasteiger partial charge on any atom is -0.309 e. The van der Waals surface area contributed by atoms with Crippen molar-refractivity contribution in [3.8, 4) is 11.3 Å². The second-order valence-corrected chi connectivity index (χ2v) is 7.36. The molecule has 1 aliphatic carbocycles. The van der Waals surface area contributed by atoms with Gasteiger partial charge in [0.05, 0.1) is 11.4 Å². The summed E-state index contributed by atoms with van der Waals surface area (Å²) in [4.78, 5) is 29.5. The van der Waals surface area contributed by atoms with Crippen molar-refractivity contribution < 1.29 is 9.59 Å². The van der Waals surface area contributed by atoms with Crippen molar-refractivity contribution in [3.63, 3.8) is 0 Å². The van der Waals surface area contributed by atoms with Crippen LogP contribution in [0.1, 0.15) is 24.8 Å². The van der Waals surface area contributed by atoms with E-state index in [1.165, 1.54) is 4.90 Å². The van der Waals surface area contributed by atoms with Gasteiger partial charge in [-0.25, -0.2) is 9.69 Å². The Labute approximate surface area is 146 Å². The van der Waals surface area contributed by atoms with Crippen LogP contribution in [0, 0.1) is 12.8 Å². The third-order valence-electron chi connectivity index (χ3n) is 6.29. The van der Waals surface area contributed by atoms with Crippen molar-refractivity contribution in [3.05, 3.63) is 36.0 Å². The maximum atomic E-state index is 13.2. The number of carbonyl (C=O) groups is 2. The third kappa shape index (κ3) is 1.67. The first-order valence-corrected chi connectivity index (χ1v) is 8.79. The van der Waals surface area contributed by atoms with Crippen LogP contribution in [0.2, 0.25) is 0 Å². The summed E-state index contributed by atoms with van der Waals surface area (Å²) >= 11 is 0. The molecule has 2 saturated heterocycles. The van der Waals surface area contributed by atoms with Gasteiger partial charge in [0.15, 0.2) is 0 Å². The second kappa shape index (κ2) is 4.71. The van der Waals surface area contributed by atoms with Gasteiger partial charge in [-0.2, -0.15) is 5.10 Å². The molecule has 1 aromatic heterocycles. The van der Waals surface area contributed by atoms with Crippen LogP contribution in [0.15, 0.2) is 30.5 Å². The van der Waals surface area contributed by atoms with Gasteiger partial charge in [0, 0.05) is 25.4 Å². The lowest BCUT2D eigenvalue weighted by atomic mass is 9.67. The van der Waals surface area contributed by atoms with Crippen LogP contribution in [0.5, 0.6) is 0 Å². The van der Waals surface area contributed by atoms with Crippen molar-refractivity contribution in [1.29, 1.82) is 0 Å². The Kier molecular flexibility index (Phi) is 2.77. The molecule has 3 aliphatic rings. The number of rotatable bonds is 2. The summed E-state index contributed by atoms with van der Waals surface area (Å²) in [7, 11) is 1.88. The van der Waals surface area contributed by atoms with Crippen LogP contribution < -0.4 is 4.90 Å². The number of aryl methyl sites for hydroxylation is 2. The topological polar surface area (TPSA) is 58.4 Å². The zero-order valence-electron chi connectivity index (χ0n) is 14.4. The molecule has 3 amide bonds. The van der Waals surface area contributed by atoms with Crippen LogP contribution >= 0.6 is 0 Å². The molecule has 2 atom stereocenters. The lowest BCUT2D eigenvalue weighted by Gasteiger charge is -2.42. The Morgan fingerprint density at radius 1 is 1.20 bits per heavy atom. The number of urea groups is 1. The number of amides is 3. The highest BCUT2D eigenvalue weighted by Gasteiger charge is 2.68. The third-order valence-corrected chi connectivity index (χ3v) is 6.29. The van der Waals surface area contributed by atoms with Crippen molar-refractivity contribution in [2.45, 2.75) is 31.7 Å². The van der Waals surface area contributed by atoms with E-state index in [1.807, 2.05) is 43.1 Å². The summed E-state index contributed by atoms with van der Waals surface area (Å²) in [5.41, 5.74) is 2.99. The summed E-state index contributed by atoms with van der Waals surface area (Å²) in [6.07, 6.45) is 4.56. The van der Waals surface area contributed by atoms with E-state index in [0.717, 1.165) is 36.1 Å². The fraction of sp³-hybridized carbons (Fsp3) is 0.421. The summed E-state index contributed by atoms with van der Waals surface area (Å²) in [6, 6.07) is 7.69. The fourth-order valence-corrected chi connectivity index (χ4v) is 4.79. The Morgan fingerprint density at radius 2 is 2.04 bits per heavy atom. The van der Waals surface area contributed by atoms with Crippen LogP contribution in [0.25, 0.3) is 11.3 Å². The minimum atomic E-state index is -0.550. The molecule has 5 rings (SSSR count). The standard InChI is InChI=1S/C19H20N4O2/c1-12-3-4-13(15-6-9-20-21(15)2)11-16(12)23-17(24)19-8-5-14(19)7-10-22(19)18(23)25/h3-4,6,9,11,14H,5,7-8,10H2,1-2H3/t14-,19-/m0/s1. The predicted octanol–water partition coefficient (Wildman–Crippen LogP) is 2.72. The monoisotopic (exact) mass is 336 g/mol. The van der Waals surface area contributed by atoms with Crippen LogP contribution in [-0.2, 0) is 11.8 Å². The van der Waals surface area contributed by atoms with E-state index in [9.17, 15) is 9.59 Å². The van der Waals surface area contributed by atoms with Gasteiger partial charge in [0.25, 0.3) is 5.91 Å². The second-order valence-electron chi connectivity index (χ2n) is 7.36. The molecular formula is C19H20N4O2. The molecule has 3 fully saturated rings. The summed E-state index contributed by atoms with van der Waals surface area (Å²) in [5.74, 6) is 0.311. The molecule has 6 nitrogen and oxygen atoms in total. The van der Waals surface area contributed by atoms with Crippen LogP contribution in [0.4, 0.5) is 10.5 Å². The molecule has 3 heterocycles. The summed E-state index contributed by atoms with van der Waals surface area (Å²) < 4.78 is 1.79. The average molecular weight is 336 g/mol. The normalized spacial score (nSPS) is 27.5. The molecule has 0 unspecified atom stereocenters. The van der Waals surface area contributed by atoms with E-state index in [2.05, 4.69) is 5.10 Å². The molecule has 6 heteroatoms. The van der Waals surface area contributed by atoms with Gasteiger partial charge in [0.1, 0.15) is 5.54 Å². The first-order chi connectivity index (χ1) is 12.0. The molecule has 1 aromatic carbocycles. The SMILES string of the molecule is Cc1ccc(-c2ccnn2C)cc1N1C(=O)N2CC[C@@H]3CC[C@@]32C1=O. The van der Waals surface area contributed by atoms with E-state index in [1.54, 1.807) is 10.9 Å². The zero-order chi connectivity index (χ0) is 17.3. The largest absolute Gasteiger partial charge is 0.332 e. The smallest absolute Gasteiger partial charge is 0.309 e. The molecule has 128 valence electrons. The van der Waals surface area contributed by atoms with Crippen LogP contribution in [0.3, 0.4) is 0 Å². The molecule has 0 N–H and O–H groups in total. The number of hydrogen-bond acceptors (Lipinski definition) is 3. The molecule has 1 spiro atoms. The Balaban J connectivity index is 1.61. The Morgan fingerprint density at radius 3 is 2.68 bits per heavy atom. The molecule has 0 radical (unpaired) electrons.